The lowest BCUT2D eigenvalue weighted by Crippen LogP contribution is -2.11. The quantitative estimate of drug-likeness (QED) is 0.104. The van der Waals surface area contributed by atoms with E-state index in [0.717, 1.165) is 33.9 Å². The highest BCUT2D eigenvalue weighted by Gasteiger charge is 2.19. The number of anilines is 3. The molecule has 0 aliphatic carbocycles. The Morgan fingerprint density at radius 2 is 0.952 bits per heavy atom. The molecule has 0 atom stereocenters. The van der Waals surface area contributed by atoms with Gasteiger partial charge in [0.25, 0.3) is 0 Å². The first-order valence-electron chi connectivity index (χ1n) is 21.7. The summed E-state index contributed by atoms with van der Waals surface area (Å²) >= 11 is 0. The van der Waals surface area contributed by atoms with E-state index in [9.17, 15) is 0 Å². The average Bonchev–Trinajstić information content (AvgIpc) is 3.69. The van der Waals surface area contributed by atoms with Crippen LogP contribution in [0.15, 0.2) is 243 Å². The third-order valence-electron chi connectivity index (χ3n) is 12.3. The molecule has 63 heavy (non-hydrogen) atoms. The molecule has 1 heterocycles. The van der Waals surface area contributed by atoms with E-state index < -0.39 is 0 Å². The lowest BCUT2D eigenvalue weighted by molar-refractivity contribution is 1.18. The lowest BCUT2D eigenvalue weighted by Gasteiger charge is -2.28. The van der Waals surface area contributed by atoms with Crippen LogP contribution in [0.3, 0.4) is 0 Å². The maximum Gasteiger partial charge on any atom is 0.0541 e. The zero-order chi connectivity index (χ0) is 42.1. The smallest absolute Gasteiger partial charge is 0.0541 e. The van der Waals surface area contributed by atoms with Crippen molar-refractivity contribution < 1.29 is 0 Å². The van der Waals surface area contributed by atoms with Crippen molar-refractivity contribution in [2.75, 3.05) is 4.90 Å². The van der Waals surface area contributed by atoms with Gasteiger partial charge in [0, 0.05) is 33.4 Å². The number of hydrogen-bond acceptors (Lipinski definition) is 1. The summed E-state index contributed by atoms with van der Waals surface area (Å²) in [5.74, 6) is 0. The summed E-state index contributed by atoms with van der Waals surface area (Å²) < 4.78 is 2.40. The van der Waals surface area contributed by atoms with Crippen molar-refractivity contribution in [3.8, 4) is 39.1 Å². The third kappa shape index (κ3) is 6.98. The molecule has 11 aromatic rings. The molecule has 0 aliphatic rings. The summed E-state index contributed by atoms with van der Waals surface area (Å²) in [7, 11) is 0. The second-order valence-corrected chi connectivity index (χ2v) is 16.1. The zero-order valence-corrected chi connectivity index (χ0v) is 35.1. The molecule has 0 unspecified atom stereocenters. The van der Waals surface area contributed by atoms with Crippen molar-refractivity contribution >= 4 is 66.5 Å². The van der Waals surface area contributed by atoms with Crippen LogP contribution in [0.2, 0.25) is 0 Å². The fourth-order valence-corrected chi connectivity index (χ4v) is 9.30. The summed E-state index contributed by atoms with van der Waals surface area (Å²) in [5, 5.41) is 7.52. The number of benzene rings is 10. The number of hydrogen-bond donors (Lipinski definition) is 0. The first-order valence-corrected chi connectivity index (χ1v) is 21.7. The van der Waals surface area contributed by atoms with E-state index in [2.05, 4.69) is 258 Å². The van der Waals surface area contributed by atoms with Crippen LogP contribution in [0, 0.1) is 0 Å². The number of nitrogens with zero attached hydrogens (tertiary/aromatic N) is 2. The Balaban J connectivity index is 1.02. The number of para-hydroxylation sites is 3. The second-order valence-electron chi connectivity index (χ2n) is 16.1. The van der Waals surface area contributed by atoms with E-state index in [-0.39, 0.29) is 0 Å². The molecule has 0 saturated carbocycles. The van der Waals surface area contributed by atoms with Gasteiger partial charge in [-0.1, -0.05) is 188 Å². The molecule has 10 aromatic carbocycles. The van der Waals surface area contributed by atoms with Crippen LogP contribution >= 0.6 is 0 Å². The van der Waals surface area contributed by atoms with Gasteiger partial charge in [-0.15, -0.1) is 0 Å². The molecule has 2 heteroatoms. The van der Waals surface area contributed by atoms with Crippen molar-refractivity contribution in [1.82, 2.24) is 4.57 Å². The van der Waals surface area contributed by atoms with Gasteiger partial charge in [-0.2, -0.15) is 0 Å². The van der Waals surface area contributed by atoms with Crippen molar-refractivity contribution in [1.29, 1.82) is 0 Å². The highest BCUT2D eigenvalue weighted by atomic mass is 15.1. The highest BCUT2D eigenvalue weighted by Crippen LogP contribution is 2.43. The molecule has 0 amide bonds. The van der Waals surface area contributed by atoms with Crippen LogP contribution in [0.25, 0.3) is 88.5 Å². The van der Waals surface area contributed by atoms with Gasteiger partial charge in [0.15, 0.2) is 0 Å². The normalized spacial score (nSPS) is 11.8. The minimum atomic E-state index is 1.08. The van der Waals surface area contributed by atoms with Gasteiger partial charge in [-0.25, -0.2) is 0 Å². The standard InChI is InChI=1S/C61H44N2/c1-2-3-5-18-46-19-15-25-55-53(46)40-35-47-29-30-48(42-58(47)55)45-33-38-51(39-34-45)62(50-36-31-44(32-37-50)43-16-6-4-7-17-43)59-26-11-8-22-54(59)49-20-14-21-52(41-49)63-60-27-12-9-23-56(60)57-24-10-13-28-61(57)63/h2-42H,1H3/b3-2-,18-5-. The Morgan fingerprint density at radius 1 is 0.381 bits per heavy atom. The molecule has 0 saturated heterocycles. The number of fused-ring (bicyclic) bond motifs is 6. The molecular weight excluding hydrogens is 761 g/mol. The monoisotopic (exact) mass is 804 g/mol. The Hall–Kier alpha value is -8.20. The van der Waals surface area contributed by atoms with E-state index in [4.69, 9.17) is 0 Å². The van der Waals surface area contributed by atoms with Gasteiger partial charge in [-0.3, -0.25) is 0 Å². The number of rotatable bonds is 9. The van der Waals surface area contributed by atoms with Crippen LogP contribution in [0.4, 0.5) is 17.1 Å². The van der Waals surface area contributed by atoms with Crippen molar-refractivity contribution in [3.05, 3.63) is 248 Å². The molecule has 1 aromatic heterocycles. The molecule has 0 bridgehead atoms. The van der Waals surface area contributed by atoms with Gasteiger partial charge < -0.3 is 9.47 Å². The molecule has 0 N–H and O–H groups in total. The molecule has 298 valence electrons. The summed E-state index contributed by atoms with van der Waals surface area (Å²) in [6, 6.07) is 81.8. The maximum absolute atomic E-state index is 2.40. The minimum absolute atomic E-state index is 1.08. The van der Waals surface area contributed by atoms with E-state index in [0.29, 0.717) is 0 Å². The molecule has 0 radical (unpaired) electrons. The Morgan fingerprint density at radius 3 is 1.68 bits per heavy atom. The SMILES string of the molecule is C/C=C\C=C/c1cccc2c1ccc1ccc(-c3ccc(N(c4ccc(-c5ccccc5)cc4)c4ccccc4-c4cccc(-n5c6ccccc6c6ccccc65)c4)cc3)cc12. The van der Waals surface area contributed by atoms with Crippen LogP contribution in [-0.4, -0.2) is 4.57 Å². The highest BCUT2D eigenvalue weighted by molar-refractivity contribution is 6.11. The fraction of sp³-hybridized carbons (Fsp3) is 0.0164. The Labute approximate surface area is 368 Å². The summed E-state index contributed by atoms with van der Waals surface area (Å²) in [6.07, 6.45) is 8.44. The topological polar surface area (TPSA) is 8.17 Å². The van der Waals surface area contributed by atoms with Crippen LogP contribution in [0.5, 0.6) is 0 Å². The Kier molecular flexibility index (Phi) is 9.80. The minimum Gasteiger partial charge on any atom is -0.310 e. The molecule has 0 fully saturated rings. The fourth-order valence-electron chi connectivity index (χ4n) is 9.30. The van der Waals surface area contributed by atoms with Crippen molar-refractivity contribution in [3.63, 3.8) is 0 Å². The van der Waals surface area contributed by atoms with Crippen molar-refractivity contribution in [2.24, 2.45) is 0 Å². The molecule has 2 nitrogen and oxygen atoms in total. The number of allylic oxidation sites excluding steroid dienone is 3. The molecule has 11 rings (SSSR count). The largest absolute Gasteiger partial charge is 0.310 e. The summed E-state index contributed by atoms with van der Waals surface area (Å²) in [6.45, 7) is 2.04. The predicted octanol–water partition coefficient (Wildman–Crippen LogP) is 17.2. The Bertz CT molecular complexity index is 3440. The number of aromatic nitrogens is 1. The first kappa shape index (κ1) is 37.8. The van der Waals surface area contributed by atoms with Gasteiger partial charge in [-0.05, 0) is 123 Å². The second kappa shape index (κ2) is 16.3. The molecule has 0 spiro atoms. The van der Waals surface area contributed by atoms with Gasteiger partial charge in [0.05, 0.1) is 16.7 Å². The maximum atomic E-state index is 2.40. The van der Waals surface area contributed by atoms with Crippen LogP contribution in [0.1, 0.15) is 12.5 Å². The molecule has 0 aliphatic heterocycles. The van der Waals surface area contributed by atoms with Gasteiger partial charge >= 0.3 is 0 Å². The first-order chi connectivity index (χ1) is 31.2. The van der Waals surface area contributed by atoms with E-state index >= 15 is 0 Å². The lowest BCUT2D eigenvalue weighted by atomic mass is 9.95. The summed E-state index contributed by atoms with van der Waals surface area (Å²) in [4.78, 5) is 2.40. The molecular formula is C61H44N2. The van der Waals surface area contributed by atoms with E-state index in [1.165, 1.54) is 71.2 Å². The van der Waals surface area contributed by atoms with E-state index in [1.54, 1.807) is 0 Å². The third-order valence-corrected chi connectivity index (χ3v) is 12.3. The van der Waals surface area contributed by atoms with Gasteiger partial charge in [0.2, 0.25) is 0 Å². The van der Waals surface area contributed by atoms with Gasteiger partial charge in [0.1, 0.15) is 0 Å². The van der Waals surface area contributed by atoms with E-state index in [1.807, 2.05) is 6.92 Å². The summed E-state index contributed by atoms with van der Waals surface area (Å²) in [5.41, 5.74) is 15.1. The average molecular weight is 805 g/mol. The predicted molar refractivity (Wildman–Crippen MR) is 271 cm³/mol. The zero-order valence-electron chi connectivity index (χ0n) is 35.1. The van der Waals surface area contributed by atoms with Crippen LogP contribution < -0.4 is 4.90 Å². The van der Waals surface area contributed by atoms with Crippen molar-refractivity contribution in [2.45, 2.75) is 6.92 Å². The van der Waals surface area contributed by atoms with Crippen LogP contribution in [-0.2, 0) is 0 Å².